The fraction of sp³-hybridized carbons (Fsp3) is 0.182. The lowest BCUT2D eigenvalue weighted by Crippen LogP contribution is -2.17. The quantitative estimate of drug-likeness (QED) is 0.715. The minimum Gasteiger partial charge on any atom is -0.482 e. The topological polar surface area (TPSA) is 85.8 Å². The molecule has 28 heavy (non-hydrogen) atoms. The van der Waals surface area contributed by atoms with Gasteiger partial charge in [0.15, 0.2) is 0 Å². The van der Waals surface area contributed by atoms with Gasteiger partial charge in [-0.2, -0.15) is 0 Å². The third-order valence-corrected chi connectivity index (χ3v) is 4.77. The summed E-state index contributed by atoms with van der Waals surface area (Å²) < 4.78 is 11.2. The van der Waals surface area contributed by atoms with Gasteiger partial charge in [-0.1, -0.05) is 36.4 Å². The van der Waals surface area contributed by atoms with Crippen molar-refractivity contribution in [2.24, 2.45) is 5.73 Å². The summed E-state index contributed by atoms with van der Waals surface area (Å²) in [6.07, 6.45) is 1.36. The van der Waals surface area contributed by atoms with Crippen LogP contribution in [0.2, 0.25) is 0 Å². The lowest BCUT2D eigenvalue weighted by molar-refractivity contribution is 0.1000. The average molecular weight is 376 g/mol. The van der Waals surface area contributed by atoms with Crippen LogP contribution in [-0.4, -0.2) is 10.8 Å². The second-order valence-electron chi connectivity index (χ2n) is 6.84. The van der Waals surface area contributed by atoms with E-state index in [0.717, 1.165) is 18.7 Å². The standard InChI is InChI=1S/C22H20N2O4/c23-22(26)16-7-5-15(6-8-16)13-28-21-14-27-19(9-20(21)25)12-24-10-17-3-1-2-4-18(17)11-24/h1-9,14H,10-13H2,(H2,23,26). The number of carbonyl (C=O) groups is 1. The van der Waals surface area contributed by atoms with Crippen LogP contribution in [0.1, 0.15) is 32.8 Å². The molecular weight excluding hydrogens is 356 g/mol. The molecule has 4 rings (SSSR count). The first-order valence-electron chi connectivity index (χ1n) is 9.01. The van der Waals surface area contributed by atoms with Gasteiger partial charge < -0.3 is 14.9 Å². The van der Waals surface area contributed by atoms with E-state index in [1.54, 1.807) is 24.3 Å². The highest BCUT2D eigenvalue weighted by atomic mass is 16.5. The molecule has 0 spiro atoms. The number of amides is 1. The molecule has 0 atom stereocenters. The minimum absolute atomic E-state index is 0.160. The van der Waals surface area contributed by atoms with Gasteiger partial charge in [-0.05, 0) is 28.8 Å². The number of benzene rings is 2. The summed E-state index contributed by atoms with van der Waals surface area (Å²) in [4.78, 5) is 25.6. The van der Waals surface area contributed by atoms with Crippen LogP contribution >= 0.6 is 0 Å². The lowest BCUT2D eigenvalue weighted by atomic mass is 10.1. The van der Waals surface area contributed by atoms with E-state index in [4.69, 9.17) is 14.9 Å². The summed E-state index contributed by atoms with van der Waals surface area (Å²) >= 11 is 0. The second kappa shape index (κ2) is 7.70. The number of hydrogen-bond donors (Lipinski definition) is 1. The maximum absolute atomic E-state index is 12.3. The van der Waals surface area contributed by atoms with Crippen LogP contribution in [0.15, 0.2) is 70.1 Å². The number of carbonyl (C=O) groups excluding carboxylic acids is 1. The molecule has 0 unspecified atom stereocenters. The molecule has 6 heteroatoms. The van der Waals surface area contributed by atoms with Crippen molar-refractivity contribution in [3.63, 3.8) is 0 Å². The molecule has 1 aliphatic rings. The first-order valence-corrected chi connectivity index (χ1v) is 9.01. The number of hydrogen-bond acceptors (Lipinski definition) is 5. The zero-order chi connectivity index (χ0) is 19.5. The Bertz CT molecular complexity index is 1030. The molecule has 0 saturated carbocycles. The fourth-order valence-corrected chi connectivity index (χ4v) is 3.29. The highest BCUT2D eigenvalue weighted by Crippen LogP contribution is 2.24. The van der Waals surface area contributed by atoms with Crippen LogP contribution in [0.4, 0.5) is 0 Å². The lowest BCUT2D eigenvalue weighted by Gasteiger charge is -2.14. The Morgan fingerprint density at radius 2 is 1.75 bits per heavy atom. The minimum atomic E-state index is -0.482. The molecule has 6 nitrogen and oxygen atoms in total. The number of ether oxygens (including phenoxy) is 1. The van der Waals surface area contributed by atoms with E-state index in [1.165, 1.54) is 23.5 Å². The van der Waals surface area contributed by atoms with E-state index in [0.29, 0.717) is 17.9 Å². The van der Waals surface area contributed by atoms with Crippen LogP contribution in [0.25, 0.3) is 0 Å². The molecule has 0 fully saturated rings. The van der Waals surface area contributed by atoms with Gasteiger partial charge in [0, 0.05) is 24.7 Å². The maximum Gasteiger partial charge on any atom is 0.248 e. The molecule has 1 aromatic heterocycles. The maximum atomic E-state index is 12.3. The van der Waals surface area contributed by atoms with Crippen LogP contribution in [-0.2, 0) is 26.2 Å². The summed E-state index contributed by atoms with van der Waals surface area (Å²) in [6.45, 7) is 2.46. The van der Waals surface area contributed by atoms with E-state index in [9.17, 15) is 9.59 Å². The largest absolute Gasteiger partial charge is 0.482 e. The molecule has 0 radical (unpaired) electrons. The van der Waals surface area contributed by atoms with Gasteiger partial charge in [0.05, 0.1) is 6.54 Å². The van der Waals surface area contributed by atoms with Gasteiger partial charge in [0.25, 0.3) is 0 Å². The third kappa shape index (κ3) is 3.97. The fourth-order valence-electron chi connectivity index (χ4n) is 3.29. The zero-order valence-electron chi connectivity index (χ0n) is 15.3. The van der Waals surface area contributed by atoms with E-state index >= 15 is 0 Å². The van der Waals surface area contributed by atoms with Crippen molar-refractivity contribution in [3.8, 4) is 5.75 Å². The van der Waals surface area contributed by atoms with Crippen LogP contribution in [0.3, 0.4) is 0 Å². The van der Waals surface area contributed by atoms with Crippen molar-refractivity contribution in [2.45, 2.75) is 26.2 Å². The predicted molar refractivity (Wildman–Crippen MR) is 104 cm³/mol. The number of nitrogens with zero attached hydrogens (tertiary/aromatic N) is 1. The van der Waals surface area contributed by atoms with Crippen molar-refractivity contribution in [2.75, 3.05) is 0 Å². The molecule has 1 amide bonds. The number of primary amides is 1. The van der Waals surface area contributed by atoms with Gasteiger partial charge in [-0.15, -0.1) is 0 Å². The Labute approximate surface area is 162 Å². The van der Waals surface area contributed by atoms with E-state index in [-0.39, 0.29) is 17.8 Å². The number of rotatable bonds is 6. The molecule has 2 N–H and O–H groups in total. The molecule has 0 bridgehead atoms. The van der Waals surface area contributed by atoms with Crippen molar-refractivity contribution < 1.29 is 13.9 Å². The van der Waals surface area contributed by atoms with Gasteiger partial charge in [-0.3, -0.25) is 14.5 Å². The Balaban J connectivity index is 1.37. The molecule has 2 aromatic carbocycles. The van der Waals surface area contributed by atoms with Crippen molar-refractivity contribution >= 4 is 5.91 Å². The summed E-state index contributed by atoms with van der Waals surface area (Å²) in [5.41, 5.74) is 8.88. The SMILES string of the molecule is NC(=O)c1ccc(COc2coc(CN3Cc4ccccc4C3)cc2=O)cc1. The van der Waals surface area contributed by atoms with Gasteiger partial charge >= 0.3 is 0 Å². The zero-order valence-corrected chi connectivity index (χ0v) is 15.3. The molecule has 3 aromatic rings. The number of fused-ring (bicyclic) bond motifs is 1. The Morgan fingerprint density at radius 1 is 1.07 bits per heavy atom. The Hall–Kier alpha value is -3.38. The Kier molecular flexibility index (Phi) is 4.95. The monoisotopic (exact) mass is 376 g/mol. The highest BCUT2D eigenvalue weighted by Gasteiger charge is 2.19. The Morgan fingerprint density at radius 3 is 2.36 bits per heavy atom. The molecule has 0 saturated heterocycles. The van der Waals surface area contributed by atoms with Crippen molar-refractivity contribution in [3.05, 3.63) is 99.1 Å². The van der Waals surface area contributed by atoms with E-state index < -0.39 is 5.91 Å². The second-order valence-corrected chi connectivity index (χ2v) is 6.84. The normalized spacial score (nSPS) is 13.3. The molecular formula is C22H20N2O4. The van der Waals surface area contributed by atoms with E-state index in [1.807, 2.05) is 12.1 Å². The van der Waals surface area contributed by atoms with Crippen molar-refractivity contribution in [1.82, 2.24) is 4.90 Å². The van der Waals surface area contributed by atoms with Crippen LogP contribution < -0.4 is 15.9 Å². The average Bonchev–Trinajstić information content (AvgIpc) is 3.10. The smallest absolute Gasteiger partial charge is 0.248 e. The predicted octanol–water partition coefficient (Wildman–Crippen LogP) is 2.83. The first kappa shape index (κ1) is 18.0. The highest BCUT2D eigenvalue weighted by molar-refractivity contribution is 5.92. The summed E-state index contributed by atoms with van der Waals surface area (Å²) in [7, 11) is 0. The molecule has 0 aliphatic carbocycles. The van der Waals surface area contributed by atoms with Gasteiger partial charge in [0.1, 0.15) is 18.6 Å². The van der Waals surface area contributed by atoms with Crippen LogP contribution in [0.5, 0.6) is 5.75 Å². The summed E-state index contributed by atoms with van der Waals surface area (Å²) in [6, 6.07) is 16.5. The van der Waals surface area contributed by atoms with Gasteiger partial charge in [0.2, 0.25) is 17.1 Å². The summed E-state index contributed by atoms with van der Waals surface area (Å²) in [5.74, 6) is 0.285. The molecule has 1 aliphatic heterocycles. The van der Waals surface area contributed by atoms with E-state index in [2.05, 4.69) is 17.0 Å². The summed E-state index contributed by atoms with van der Waals surface area (Å²) in [5, 5.41) is 0. The first-order chi connectivity index (χ1) is 13.6. The molecule has 2 heterocycles. The van der Waals surface area contributed by atoms with Crippen LogP contribution in [0, 0.1) is 0 Å². The number of nitrogens with two attached hydrogens (primary N) is 1. The van der Waals surface area contributed by atoms with Crippen molar-refractivity contribution in [1.29, 1.82) is 0 Å². The third-order valence-electron chi connectivity index (χ3n) is 4.77. The van der Waals surface area contributed by atoms with Gasteiger partial charge in [-0.25, -0.2) is 0 Å². The molecule has 142 valence electrons.